The molecule has 1 aromatic rings. The normalized spacial score (nSPS) is 17.3. The lowest BCUT2D eigenvalue weighted by Gasteiger charge is -2.04. The first-order valence-electron chi connectivity index (χ1n) is 5.67. The zero-order valence-electron chi connectivity index (χ0n) is 8.71. The Bertz CT molecular complexity index is 295. The average molecular weight is 186 g/mol. The van der Waals surface area contributed by atoms with Crippen LogP contribution < -0.4 is 0 Å². The Labute approximate surface area is 86.7 Å². The van der Waals surface area contributed by atoms with Crippen molar-refractivity contribution in [1.82, 2.24) is 0 Å². The lowest BCUT2D eigenvalue weighted by molar-refractivity contribution is 0.707. The highest BCUT2D eigenvalue weighted by molar-refractivity contribution is 5.22. The summed E-state index contributed by atoms with van der Waals surface area (Å²) in [6.45, 7) is 0. The van der Waals surface area contributed by atoms with E-state index in [4.69, 9.17) is 0 Å². The molecule has 1 aliphatic rings. The standard InChI is InChI=1S/C14H18/c1-2-5-9-13(8-4-1)12-14-10-6-3-7-11-14/h3,6-8,10-11H,1-2,4-5,9,12H2. The molecule has 0 aliphatic heterocycles. The number of benzene rings is 1. The van der Waals surface area contributed by atoms with Gasteiger partial charge in [0.2, 0.25) is 0 Å². The van der Waals surface area contributed by atoms with Crippen molar-refractivity contribution in [2.45, 2.75) is 38.5 Å². The largest absolute Gasteiger partial charge is 0.0850 e. The summed E-state index contributed by atoms with van der Waals surface area (Å²) >= 11 is 0. The summed E-state index contributed by atoms with van der Waals surface area (Å²) in [7, 11) is 0. The van der Waals surface area contributed by atoms with Crippen molar-refractivity contribution in [3.8, 4) is 0 Å². The molecule has 14 heavy (non-hydrogen) atoms. The molecular formula is C14H18. The number of allylic oxidation sites excluding steroid dienone is 2. The van der Waals surface area contributed by atoms with Crippen molar-refractivity contribution in [1.29, 1.82) is 0 Å². The van der Waals surface area contributed by atoms with Gasteiger partial charge in [0.15, 0.2) is 0 Å². The SMILES string of the molecule is C1=C(Cc2ccccc2)CCCCC1. The molecule has 0 saturated heterocycles. The fourth-order valence-corrected chi connectivity index (χ4v) is 2.10. The van der Waals surface area contributed by atoms with Gasteiger partial charge in [0.1, 0.15) is 0 Å². The molecule has 0 fully saturated rings. The van der Waals surface area contributed by atoms with Crippen LogP contribution in [0.4, 0.5) is 0 Å². The average Bonchev–Trinajstić information content (AvgIpc) is 2.48. The molecule has 0 N–H and O–H groups in total. The summed E-state index contributed by atoms with van der Waals surface area (Å²) in [5.41, 5.74) is 3.11. The van der Waals surface area contributed by atoms with E-state index in [0.717, 1.165) is 0 Å². The van der Waals surface area contributed by atoms with E-state index in [-0.39, 0.29) is 0 Å². The van der Waals surface area contributed by atoms with Crippen LogP contribution in [0.5, 0.6) is 0 Å². The zero-order valence-corrected chi connectivity index (χ0v) is 8.71. The summed E-state index contributed by atoms with van der Waals surface area (Å²) in [5.74, 6) is 0. The maximum absolute atomic E-state index is 2.46. The van der Waals surface area contributed by atoms with Crippen LogP contribution in [0, 0.1) is 0 Å². The van der Waals surface area contributed by atoms with Gasteiger partial charge in [0.05, 0.1) is 0 Å². The van der Waals surface area contributed by atoms with Gasteiger partial charge in [-0.25, -0.2) is 0 Å². The predicted molar refractivity (Wildman–Crippen MR) is 61.3 cm³/mol. The molecule has 74 valence electrons. The van der Waals surface area contributed by atoms with Crippen LogP contribution in [0.15, 0.2) is 42.0 Å². The molecule has 0 unspecified atom stereocenters. The van der Waals surface area contributed by atoms with Gasteiger partial charge in [0.25, 0.3) is 0 Å². The van der Waals surface area contributed by atoms with Crippen LogP contribution in [0.2, 0.25) is 0 Å². The highest BCUT2D eigenvalue weighted by atomic mass is 14.1. The summed E-state index contributed by atoms with van der Waals surface area (Å²) < 4.78 is 0. The molecule has 0 spiro atoms. The molecular weight excluding hydrogens is 168 g/mol. The van der Waals surface area contributed by atoms with Crippen LogP contribution in [0.25, 0.3) is 0 Å². The van der Waals surface area contributed by atoms with E-state index >= 15 is 0 Å². The van der Waals surface area contributed by atoms with Crippen LogP contribution in [0.1, 0.15) is 37.7 Å². The van der Waals surface area contributed by atoms with Gasteiger partial charge in [-0.15, -0.1) is 0 Å². The van der Waals surface area contributed by atoms with Crippen LogP contribution in [0.3, 0.4) is 0 Å². The van der Waals surface area contributed by atoms with Gasteiger partial charge in [-0.05, 0) is 37.7 Å². The maximum Gasteiger partial charge on any atom is -0.00671 e. The fourth-order valence-electron chi connectivity index (χ4n) is 2.10. The quantitative estimate of drug-likeness (QED) is 0.609. The number of hydrogen-bond acceptors (Lipinski definition) is 0. The topological polar surface area (TPSA) is 0 Å². The molecule has 0 heteroatoms. The predicted octanol–water partition coefficient (Wildman–Crippen LogP) is 4.12. The molecule has 2 rings (SSSR count). The maximum atomic E-state index is 2.46. The smallest absolute Gasteiger partial charge is 0.00671 e. The van der Waals surface area contributed by atoms with Gasteiger partial charge < -0.3 is 0 Å². The van der Waals surface area contributed by atoms with Crippen molar-refractivity contribution in [3.63, 3.8) is 0 Å². The number of rotatable bonds is 2. The molecule has 1 aromatic carbocycles. The highest BCUT2D eigenvalue weighted by Gasteiger charge is 2.03. The second-order valence-electron chi connectivity index (χ2n) is 4.12. The summed E-state index contributed by atoms with van der Waals surface area (Å²) in [4.78, 5) is 0. The van der Waals surface area contributed by atoms with E-state index in [0.29, 0.717) is 0 Å². The Kier molecular flexibility index (Phi) is 3.39. The lowest BCUT2D eigenvalue weighted by Crippen LogP contribution is -1.89. The molecule has 0 nitrogen and oxygen atoms in total. The Morgan fingerprint density at radius 2 is 1.79 bits per heavy atom. The molecule has 0 aromatic heterocycles. The van der Waals surface area contributed by atoms with Crippen LogP contribution >= 0.6 is 0 Å². The monoisotopic (exact) mass is 186 g/mol. The first-order chi connectivity index (χ1) is 6.95. The first-order valence-corrected chi connectivity index (χ1v) is 5.67. The third-order valence-electron chi connectivity index (χ3n) is 2.91. The molecule has 0 radical (unpaired) electrons. The van der Waals surface area contributed by atoms with Gasteiger partial charge >= 0.3 is 0 Å². The summed E-state index contributed by atoms with van der Waals surface area (Å²) in [6, 6.07) is 10.8. The van der Waals surface area contributed by atoms with Gasteiger partial charge in [-0.3, -0.25) is 0 Å². The Balaban J connectivity index is 1.99. The fraction of sp³-hybridized carbons (Fsp3) is 0.429. The highest BCUT2D eigenvalue weighted by Crippen LogP contribution is 2.20. The van der Waals surface area contributed by atoms with E-state index in [1.165, 1.54) is 44.1 Å². The number of hydrogen-bond donors (Lipinski definition) is 0. The molecule has 0 amide bonds. The van der Waals surface area contributed by atoms with E-state index in [2.05, 4.69) is 36.4 Å². The second kappa shape index (κ2) is 4.99. The third-order valence-corrected chi connectivity index (χ3v) is 2.91. The molecule has 1 aliphatic carbocycles. The zero-order chi connectivity index (χ0) is 9.64. The Morgan fingerprint density at radius 3 is 2.64 bits per heavy atom. The van der Waals surface area contributed by atoms with E-state index in [1.54, 1.807) is 5.57 Å². The van der Waals surface area contributed by atoms with Crippen LogP contribution in [-0.2, 0) is 6.42 Å². The van der Waals surface area contributed by atoms with Crippen molar-refractivity contribution in [2.75, 3.05) is 0 Å². The minimum atomic E-state index is 1.17. The molecule has 0 atom stereocenters. The summed E-state index contributed by atoms with van der Waals surface area (Å²) in [5, 5.41) is 0. The van der Waals surface area contributed by atoms with Gasteiger partial charge in [0, 0.05) is 0 Å². The van der Waals surface area contributed by atoms with Crippen molar-refractivity contribution < 1.29 is 0 Å². The van der Waals surface area contributed by atoms with Crippen molar-refractivity contribution >= 4 is 0 Å². The molecule has 0 saturated carbocycles. The van der Waals surface area contributed by atoms with Crippen molar-refractivity contribution in [2.24, 2.45) is 0 Å². The van der Waals surface area contributed by atoms with Gasteiger partial charge in [-0.2, -0.15) is 0 Å². The first kappa shape index (κ1) is 9.51. The minimum Gasteiger partial charge on any atom is -0.0850 e. The third kappa shape index (κ3) is 2.73. The van der Waals surface area contributed by atoms with Crippen LogP contribution in [-0.4, -0.2) is 0 Å². The van der Waals surface area contributed by atoms with E-state index < -0.39 is 0 Å². The van der Waals surface area contributed by atoms with E-state index in [1.807, 2.05) is 0 Å². The molecule has 0 heterocycles. The Morgan fingerprint density at radius 1 is 0.929 bits per heavy atom. The lowest BCUT2D eigenvalue weighted by atomic mass is 10.0. The van der Waals surface area contributed by atoms with Gasteiger partial charge in [-0.1, -0.05) is 48.4 Å². The van der Waals surface area contributed by atoms with Crippen molar-refractivity contribution in [3.05, 3.63) is 47.5 Å². The molecule has 0 bridgehead atoms. The summed E-state index contributed by atoms with van der Waals surface area (Å²) in [6.07, 6.45) is 10.4. The second-order valence-corrected chi connectivity index (χ2v) is 4.12. The minimum absolute atomic E-state index is 1.17. The Hall–Kier alpha value is -1.04. The van der Waals surface area contributed by atoms with E-state index in [9.17, 15) is 0 Å².